The number of halogens is 2. The van der Waals surface area contributed by atoms with Crippen molar-refractivity contribution in [1.29, 1.82) is 0 Å². The number of carbonyl (C=O) groups excluding carboxylic acids is 1. The maximum absolute atomic E-state index is 12.8. The Morgan fingerprint density at radius 1 is 1.30 bits per heavy atom. The number of ketones is 1. The largest absolute Gasteiger partial charge is 0.493 e. The minimum absolute atomic E-state index is 0.117. The van der Waals surface area contributed by atoms with Gasteiger partial charge in [0.05, 0.1) is 11.6 Å². The van der Waals surface area contributed by atoms with Crippen LogP contribution in [0, 0.1) is 5.41 Å². The molecule has 0 radical (unpaired) electrons. The Kier molecular flexibility index (Phi) is 6.20. The lowest BCUT2D eigenvalue weighted by molar-refractivity contribution is -0.120. The molecule has 0 aliphatic rings. The zero-order valence-electron chi connectivity index (χ0n) is 15.7. The lowest BCUT2D eigenvalue weighted by Gasteiger charge is -2.12. The molecule has 0 aliphatic heterocycles. The Bertz CT molecular complexity index is 1020. The second-order valence-corrected chi connectivity index (χ2v) is 7.89. The molecule has 1 aromatic carbocycles. The van der Waals surface area contributed by atoms with E-state index in [-0.39, 0.29) is 32.9 Å². The number of hydrogen-bond donors (Lipinski definition) is 0. The van der Waals surface area contributed by atoms with Gasteiger partial charge in [0.15, 0.2) is 17.3 Å². The van der Waals surface area contributed by atoms with Crippen LogP contribution in [0.2, 0.25) is 0 Å². The highest BCUT2D eigenvalue weighted by Crippen LogP contribution is 2.32. The molecule has 1 aromatic heterocycles. The zero-order chi connectivity index (χ0) is 20.4. The molecule has 27 heavy (non-hydrogen) atoms. The van der Waals surface area contributed by atoms with E-state index in [0.717, 1.165) is 11.3 Å². The fourth-order valence-corrected chi connectivity index (χ4v) is 3.22. The first-order valence-corrected chi connectivity index (χ1v) is 8.91. The Balaban J connectivity index is 2.66. The quantitative estimate of drug-likeness (QED) is 0.777. The van der Waals surface area contributed by atoms with Crippen molar-refractivity contribution in [2.75, 3.05) is 7.11 Å². The van der Waals surface area contributed by atoms with E-state index in [1.165, 1.54) is 29.9 Å². The van der Waals surface area contributed by atoms with Crippen LogP contribution in [0.5, 0.6) is 11.5 Å². The first-order valence-electron chi connectivity index (χ1n) is 8.10. The van der Waals surface area contributed by atoms with Crippen LogP contribution in [-0.4, -0.2) is 24.1 Å². The van der Waals surface area contributed by atoms with E-state index in [1.807, 2.05) is 0 Å². The Hall–Kier alpha value is -2.48. The molecule has 0 saturated heterocycles. The van der Waals surface area contributed by atoms with E-state index >= 15 is 0 Å². The van der Waals surface area contributed by atoms with Crippen LogP contribution in [0.3, 0.4) is 0 Å². The maximum Gasteiger partial charge on any atom is 0.387 e. The summed E-state index contributed by atoms with van der Waals surface area (Å²) in [6.07, 6.45) is 2.87. The van der Waals surface area contributed by atoms with Crippen LogP contribution in [0.25, 0.3) is 12.2 Å². The van der Waals surface area contributed by atoms with Gasteiger partial charge in [-0.25, -0.2) is 0 Å². The lowest BCUT2D eigenvalue weighted by Crippen LogP contribution is -2.30. The van der Waals surface area contributed by atoms with Gasteiger partial charge in [0.2, 0.25) is 0 Å². The third-order valence-electron chi connectivity index (χ3n) is 3.78. The number of benzene rings is 1. The normalized spacial score (nSPS) is 13.3. The summed E-state index contributed by atoms with van der Waals surface area (Å²) in [4.78, 5) is 24.7. The van der Waals surface area contributed by atoms with Crippen LogP contribution >= 0.6 is 11.3 Å². The van der Waals surface area contributed by atoms with Crippen molar-refractivity contribution in [3.05, 3.63) is 43.3 Å². The Labute approximate surface area is 159 Å². The summed E-state index contributed by atoms with van der Waals surface area (Å²) < 4.78 is 37.3. The van der Waals surface area contributed by atoms with Crippen LogP contribution in [-0.2, 0) is 11.8 Å². The molecule has 2 rings (SSSR count). The number of thiazole rings is 1. The SMILES string of the molecule is COc1cccc(/C=c2\s/c(=C\C(=O)C(C)(C)C)n(C)c2=O)c1OC(F)F. The third-order valence-corrected chi connectivity index (χ3v) is 4.89. The molecule has 0 spiro atoms. The van der Waals surface area contributed by atoms with Gasteiger partial charge in [0, 0.05) is 24.1 Å². The lowest BCUT2D eigenvalue weighted by atomic mass is 9.91. The Morgan fingerprint density at radius 3 is 2.52 bits per heavy atom. The molecule has 0 N–H and O–H groups in total. The Morgan fingerprint density at radius 2 is 1.96 bits per heavy atom. The van der Waals surface area contributed by atoms with Gasteiger partial charge in [0.1, 0.15) is 4.66 Å². The minimum Gasteiger partial charge on any atom is -0.493 e. The fourth-order valence-electron chi connectivity index (χ4n) is 2.20. The maximum atomic E-state index is 12.8. The number of alkyl halides is 2. The molecule has 0 unspecified atom stereocenters. The van der Waals surface area contributed by atoms with Crippen molar-refractivity contribution in [1.82, 2.24) is 4.57 Å². The molecule has 5 nitrogen and oxygen atoms in total. The standard InChI is InChI=1S/C19H21F2NO4S/c1-19(2,3)14(23)10-15-22(4)17(24)13(27-15)9-11-7-6-8-12(25-5)16(11)26-18(20)21/h6-10,18H,1-5H3/b13-9-,15-10-. The summed E-state index contributed by atoms with van der Waals surface area (Å²) in [5, 5.41) is 0. The number of rotatable bonds is 5. The number of methoxy groups -OCH3 is 1. The van der Waals surface area contributed by atoms with Crippen LogP contribution in [0.1, 0.15) is 26.3 Å². The molecule has 0 saturated carbocycles. The smallest absolute Gasteiger partial charge is 0.387 e. The molecule has 0 atom stereocenters. The van der Waals surface area contributed by atoms with Crippen molar-refractivity contribution in [3.8, 4) is 11.5 Å². The number of nitrogens with zero attached hydrogens (tertiary/aromatic N) is 1. The molecule has 0 fully saturated rings. The summed E-state index contributed by atoms with van der Waals surface area (Å²) in [7, 11) is 2.90. The molecule has 0 bridgehead atoms. The van der Waals surface area contributed by atoms with E-state index in [1.54, 1.807) is 40.0 Å². The molecule has 2 aromatic rings. The van der Waals surface area contributed by atoms with Gasteiger partial charge in [0.25, 0.3) is 5.56 Å². The highest BCUT2D eigenvalue weighted by molar-refractivity contribution is 7.07. The van der Waals surface area contributed by atoms with E-state index in [0.29, 0.717) is 4.66 Å². The molecule has 146 valence electrons. The molecule has 8 heteroatoms. The number of hydrogen-bond acceptors (Lipinski definition) is 5. The van der Waals surface area contributed by atoms with Crippen LogP contribution in [0.4, 0.5) is 8.78 Å². The summed E-state index contributed by atoms with van der Waals surface area (Å²) in [5.74, 6) is -0.136. The van der Waals surface area contributed by atoms with Gasteiger partial charge in [-0.2, -0.15) is 8.78 Å². The predicted molar refractivity (Wildman–Crippen MR) is 101 cm³/mol. The van der Waals surface area contributed by atoms with E-state index in [2.05, 4.69) is 4.74 Å². The predicted octanol–water partition coefficient (Wildman–Crippen LogP) is 2.28. The van der Waals surface area contributed by atoms with Crippen molar-refractivity contribution < 1.29 is 23.0 Å². The van der Waals surface area contributed by atoms with Gasteiger partial charge in [-0.1, -0.05) is 32.9 Å². The number of aromatic nitrogens is 1. The number of carbonyl (C=O) groups is 1. The number of Topliss-reactive ketones (excluding diaryl/α,β-unsaturated/α-hetero) is 1. The number of ether oxygens (including phenoxy) is 2. The number of para-hydroxylation sites is 1. The van der Waals surface area contributed by atoms with Crippen molar-refractivity contribution in [3.63, 3.8) is 0 Å². The first kappa shape index (κ1) is 20.8. The molecule has 1 heterocycles. The molecular weight excluding hydrogens is 376 g/mol. The summed E-state index contributed by atoms with van der Waals surface area (Å²) in [5.41, 5.74) is -0.629. The topological polar surface area (TPSA) is 57.5 Å². The fraction of sp³-hybridized carbons (Fsp3) is 0.368. The van der Waals surface area contributed by atoms with Crippen molar-refractivity contribution in [2.45, 2.75) is 27.4 Å². The van der Waals surface area contributed by atoms with Gasteiger partial charge in [-0.15, -0.1) is 11.3 Å². The average molecular weight is 397 g/mol. The van der Waals surface area contributed by atoms with Gasteiger partial charge >= 0.3 is 6.61 Å². The second kappa shape index (κ2) is 8.04. The van der Waals surface area contributed by atoms with Crippen molar-refractivity contribution >= 4 is 29.3 Å². The van der Waals surface area contributed by atoms with Gasteiger partial charge in [-0.05, 0) is 12.1 Å². The first-order chi connectivity index (χ1) is 12.5. The van der Waals surface area contributed by atoms with Crippen molar-refractivity contribution in [2.24, 2.45) is 12.5 Å². The monoisotopic (exact) mass is 397 g/mol. The summed E-state index contributed by atoms with van der Waals surface area (Å²) in [6.45, 7) is 2.33. The van der Waals surface area contributed by atoms with Gasteiger partial charge in [-0.3, -0.25) is 9.59 Å². The third kappa shape index (κ3) is 4.82. The highest BCUT2D eigenvalue weighted by Gasteiger charge is 2.19. The van der Waals surface area contributed by atoms with Crippen LogP contribution < -0.4 is 24.2 Å². The second-order valence-electron chi connectivity index (χ2n) is 6.83. The summed E-state index contributed by atoms with van der Waals surface area (Å²) >= 11 is 1.10. The zero-order valence-corrected chi connectivity index (χ0v) is 16.5. The van der Waals surface area contributed by atoms with Gasteiger partial charge < -0.3 is 14.0 Å². The minimum atomic E-state index is -3.03. The van der Waals surface area contributed by atoms with E-state index in [4.69, 9.17) is 4.74 Å². The highest BCUT2D eigenvalue weighted by atomic mass is 32.1. The van der Waals surface area contributed by atoms with E-state index in [9.17, 15) is 18.4 Å². The molecule has 0 amide bonds. The van der Waals surface area contributed by atoms with E-state index < -0.39 is 12.0 Å². The van der Waals surface area contributed by atoms with Crippen LogP contribution in [0.15, 0.2) is 23.0 Å². The molecule has 0 aliphatic carbocycles. The summed E-state index contributed by atoms with van der Waals surface area (Å²) in [6, 6.07) is 4.64. The molecular formula is C19H21F2NO4S. The average Bonchev–Trinajstić information content (AvgIpc) is 2.83.